The smallest absolute Gasteiger partial charge is 0.387 e. The molecular formula is C16H22F2N6O2. The summed E-state index contributed by atoms with van der Waals surface area (Å²) < 4.78 is 36.7. The van der Waals surface area contributed by atoms with Gasteiger partial charge in [0.1, 0.15) is 17.8 Å². The summed E-state index contributed by atoms with van der Waals surface area (Å²) in [5.74, 6) is 1.85. The molecule has 2 aromatic rings. The van der Waals surface area contributed by atoms with Crippen molar-refractivity contribution in [2.75, 3.05) is 13.7 Å². The normalized spacial score (nSPS) is 11.5. The molecule has 0 saturated heterocycles. The van der Waals surface area contributed by atoms with Crippen molar-refractivity contribution in [3.05, 3.63) is 35.9 Å². The number of rotatable bonds is 8. The maximum Gasteiger partial charge on any atom is 0.387 e. The number of hydrogen-bond donors (Lipinski definition) is 2. The zero-order valence-corrected chi connectivity index (χ0v) is 14.9. The predicted molar refractivity (Wildman–Crippen MR) is 92.3 cm³/mol. The topological polar surface area (TPSA) is 85.6 Å². The molecule has 0 aliphatic rings. The summed E-state index contributed by atoms with van der Waals surface area (Å²) in [6, 6.07) is 4.62. The molecule has 1 aromatic carbocycles. The Morgan fingerprint density at radius 2 is 2.15 bits per heavy atom. The molecular weight excluding hydrogens is 346 g/mol. The van der Waals surface area contributed by atoms with Crippen LogP contribution in [0.15, 0.2) is 29.5 Å². The second kappa shape index (κ2) is 9.54. The minimum absolute atomic E-state index is 0.0636. The molecule has 0 unspecified atom stereocenters. The summed E-state index contributed by atoms with van der Waals surface area (Å²) in [7, 11) is 3.34. The lowest BCUT2D eigenvalue weighted by Gasteiger charge is -2.13. The highest BCUT2D eigenvalue weighted by atomic mass is 19.3. The van der Waals surface area contributed by atoms with Crippen LogP contribution >= 0.6 is 0 Å². The van der Waals surface area contributed by atoms with E-state index in [4.69, 9.17) is 4.74 Å². The highest BCUT2D eigenvalue weighted by molar-refractivity contribution is 5.79. The number of hydrogen-bond acceptors (Lipinski definition) is 5. The molecule has 10 heteroatoms. The fourth-order valence-corrected chi connectivity index (χ4v) is 2.15. The monoisotopic (exact) mass is 368 g/mol. The van der Waals surface area contributed by atoms with Gasteiger partial charge in [-0.25, -0.2) is 4.99 Å². The van der Waals surface area contributed by atoms with Gasteiger partial charge < -0.3 is 24.7 Å². The number of ether oxygens (including phenoxy) is 2. The number of alkyl halides is 2. The van der Waals surface area contributed by atoms with Crippen LogP contribution in [-0.4, -0.2) is 41.0 Å². The lowest BCUT2D eigenvalue weighted by atomic mass is 10.2. The van der Waals surface area contributed by atoms with Crippen molar-refractivity contribution in [3.8, 4) is 11.5 Å². The molecule has 0 amide bonds. The number of aryl methyl sites for hydroxylation is 1. The number of halogens is 2. The van der Waals surface area contributed by atoms with E-state index in [9.17, 15) is 8.78 Å². The van der Waals surface area contributed by atoms with Gasteiger partial charge in [0.2, 0.25) is 0 Å². The second-order valence-electron chi connectivity index (χ2n) is 5.26. The van der Waals surface area contributed by atoms with Crippen LogP contribution in [0.1, 0.15) is 18.3 Å². The Labute approximate surface area is 150 Å². The van der Waals surface area contributed by atoms with E-state index >= 15 is 0 Å². The lowest BCUT2D eigenvalue weighted by Crippen LogP contribution is -2.37. The molecule has 26 heavy (non-hydrogen) atoms. The van der Waals surface area contributed by atoms with E-state index in [0.29, 0.717) is 30.4 Å². The largest absolute Gasteiger partial charge is 0.497 e. The number of nitrogens with one attached hydrogen (secondary N) is 2. The average molecular weight is 368 g/mol. The van der Waals surface area contributed by atoms with Gasteiger partial charge in [-0.1, -0.05) is 0 Å². The summed E-state index contributed by atoms with van der Waals surface area (Å²) in [5.41, 5.74) is 0.487. The van der Waals surface area contributed by atoms with Gasteiger partial charge in [0.25, 0.3) is 0 Å². The Bertz CT molecular complexity index is 735. The van der Waals surface area contributed by atoms with E-state index in [2.05, 4.69) is 30.6 Å². The van der Waals surface area contributed by atoms with Crippen LogP contribution in [0.2, 0.25) is 0 Å². The molecule has 0 saturated carbocycles. The molecule has 0 bridgehead atoms. The minimum Gasteiger partial charge on any atom is -0.497 e. The Kier molecular flexibility index (Phi) is 7.12. The SMILES string of the molecule is CCNC(=NCc1cc(OC)ccc1OC(F)F)NCc1nncn1C. The van der Waals surface area contributed by atoms with Gasteiger partial charge in [-0.2, -0.15) is 8.78 Å². The van der Waals surface area contributed by atoms with Crippen molar-refractivity contribution in [2.24, 2.45) is 12.0 Å². The zero-order chi connectivity index (χ0) is 18.9. The Morgan fingerprint density at radius 3 is 2.77 bits per heavy atom. The van der Waals surface area contributed by atoms with Gasteiger partial charge in [0, 0.05) is 19.2 Å². The molecule has 0 aliphatic carbocycles. The minimum atomic E-state index is -2.91. The van der Waals surface area contributed by atoms with Crippen LogP contribution in [0.5, 0.6) is 11.5 Å². The molecule has 1 aromatic heterocycles. The molecule has 2 N–H and O–H groups in total. The summed E-state index contributed by atoms with van der Waals surface area (Å²) in [6.45, 7) is 0.210. The van der Waals surface area contributed by atoms with Gasteiger partial charge in [-0.3, -0.25) is 0 Å². The lowest BCUT2D eigenvalue weighted by molar-refractivity contribution is -0.0504. The van der Waals surface area contributed by atoms with Gasteiger partial charge in [0.05, 0.1) is 20.2 Å². The summed E-state index contributed by atoms with van der Waals surface area (Å²) in [6.07, 6.45) is 1.60. The third kappa shape index (κ3) is 5.57. The quantitative estimate of drug-likeness (QED) is 0.545. The standard InChI is InChI=1S/C16H22F2N6O2/c1-4-19-16(21-9-14-23-22-10-24(14)2)20-8-11-7-12(25-3)5-6-13(11)26-15(17)18/h5-7,10,15H,4,8-9H2,1-3H3,(H2,19,20,21). The van der Waals surface area contributed by atoms with Crippen molar-refractivity contribution in [1.29, 1.82) is 0 Å². The number of aromatic nitrogens is 3. The number of nitrogens with zero attached hydrogens (tertiary/aromatic N) is 4. The predicted octanol–water partition coefficient (Wildman–Crippen LogP) is 1.68. The summed E-state index contributed by atoms with van der Waals surface area (Å²) in [5, 5.41) is 14.0. The van der Waals surface area contributed by atoms with Crippen LogP contribution in [0.25, 0.3) is 0 Å². The molecule has 2 rings (SSSR count). The van der Waals surface area contributed by atoms with Crippen LogP contribution < -0.4 is 20.1 Å². The highest BCUT2D eigenvalue weighted by Gasteiger charge is 2.11. The Balaban J connectivity index is 2.13. The van der Waals surface area contributed by atoms with Crippen LogP contribution in [-0.2, 0) is 20.1 Å². The fraction of sp³-hybridized carbons (Fsp3) is 0.438. The van der Waals surface area contributed by atoms with Gasteiger partial charge in [-0.15, -0.1) is 10.2 Å². The van der Waals surface area contributed by atoms with Gasteiger partial charge in [0.15, 0.2) is 11.8 Å². The maximum absolute atomic E-state index is 12.6. The molecule has 142 valence electrons. The van der Waals surface area contributed by atoms with E-state index in [-0.39, 0.29) is 12.3 Å². The first-order valence-electron chi connectivity index (χ1n) is 8.00. The number of benzene rings is 1. The molecule has 0 aliphatic heterocycles. The fourth-order valence-electron chi connectivity index (χ4n) is 2.15. The van der Waals surface area contributed by atoms with Crippen molar-refractivity contribution in [2.45, 2.75) is 26.6 Å². The first-order chi connectivity index (χ1) is 12.5. The molecule has 8 nitrogen and oxygen atoms in total. The van der Waals surface area contributed by atoms with Crippen molar-refractivity contribution >= 4 is 5.96 Å². The van der Waals surface area contributed by atoms with E-state index in [1.807, 2.05) is 14.0 Å². The first kappa shape index (κ1) is 19.4. The Morgan fingerprint density at radius 1 is 1.35 bits per heavy atom. The molecule has 0 atom stereocenters. The zero-order valence-electron chi connectivity index (χ0n) is 14.9. The second-order valence-corrected chi connectivity index (χ2v) is 5.26. The van der Waals surface area contributed by atoms with Crippen molar-refractivity contribution in [1.82, 2.24) is 25.4 Å². The van der Waals surface area contributed by atoms with Crippen LogP contribution in [0, 0.1) is 0 Å². The Hall–Kier alpha value is -2.91. The van der Waals surface area contributed by atoms with E-state index in [0.717, 1.165) is 5.82 Å². The molecule has 1 heterocycles. The molecule has 0 fully saturated rings. The van der Waals surface area contributed by atoms with Gasteiger partial charge >= 0.3 is 6.61 Å². The van der Waals surface area contributed by atoms with E-state index < -0.39 is 6.61 Å². The number of aliphatic imine (C=N–C) groups is 1. The van der Waals surface area contributed by atoms with Crippen molar-refractivity contribution < 1.29 is 18.3 Å². The molecule has 0 spiro atoms. The molecule has 0 radical (unpaired) electrons. The highest BCUT2D eigenvalue weighted by Crippen LogP contribution is 2.26. The van der Waals surface area contributed by atoms with Crippen LogP contribution in [0.3, 0.4) is 0 Å². The number of methoxy groups -OCH3 is 1. The first-order valence-corrected chi connectivity index (χ1v) is 8.00. The van der Waals surface area contributed by atoms with E-state index in [1.165, 1.54) is 13.2 Å². The van der Waals surface area contributed by atoms with Gasteiger partial charge in [-0.05, 0) is 25.1 Å². The van der Waals surface area contributed by atoms with E-state index in [1.54, 1.807) is 23.0 Å². The van der Waals surface area contributed by atoms with Crippen molar-refractivity contribution in [3.63, 3.8) is 0 Å². The summed E-state index contributed by atoms with van der Waals surface area (Å²) >= 11 is 0. The van der Waals surface area contributed by atoms with Crippen LogP contribution in [0.4, 0.5) is 8.78 Å². The maximum atomic E-state index is 12.6. The third-order valence-corrected chi connectivity index (χ3v) is 3.45. The average Bonchev–Trinajstić information content (AvgIpc) is 3.03. The third-order valence-electron chi connectivity index (χ3n) is 3.45. The number of guanidine groups is 1. The summed E-state index contributed by atoms with van der Waals surface area (Å²) in [4.78, 5) is 4.41.